The quantitative estimate of drug-likeness (QED) is 0.0355. The molecule has 0 spiro atoms. The molecule has 10 rings (SSSR count). The molecule has 5 aromatic rings. The molecule has 1 saturated carbocycles. The average molecular weight is 899 g/mol. The van der Waals surface area contributed by atoms with E-state index in [1.807, 2.05) is 25.3 Å². The van der Waals surface area contributed by atoms with Gasteiger partial charge in [-0.15, -0.1) is 0 Å². The average Bonchev–Trinajstić information content (AvgIpc) is 4.02. The van der Waals surface area contributed by atoms with Crippen LogP contribution in [0.15, 0.2) is 66.9 Å². The lowest BCUT2D eigenvalue weighted by molar-refractivity contribution is -0.131. The van der Waals surface area contributed by atoms with Crippen molar-refractivity contribution in [2.75, 3.05) is 40.2 Å². The van der Waals surface area contributed by atoms with Gasteiger partial charge < -0.3 is 55.0 Å². The van der Waals surface area contributed by atoms with Crippen LogP contribution in [0.25, 0.3) is 28.1 Å². The summed E-state index contributed by atoms with van der Waals surface area (Å²) in [5.41, 5.74) is 8.36. The van der Waals surface area contributed by atoms with Gasteiger partial charge in [-0.2, -0.15) is 0 Å². The van der Waals surface area contributed by atoms with E-state index in [9.17, 15) is 20.4 Å². The highest BCUT2D eigenvalue weighted by atomic mass is 16.6. The van der Waals surface area contributed by atoms with E-state index in [0.717, 1.165) is 79.8 Å². The molecule has 6 unspecified atom stereocenters. The molecule has 1 aromatic heterocycles. The summed E-state index contributed by atoms with van der Waals surface area (Å²) in [5, 5.41) is 56.1. The lowest BCUT2D eigenvalue weighted by Gasteiger charge is -2.48. The van der Waals surface area contributed by atoms with Crippen molar-refractivity contribution >= 4 is 17.0 Å². The largest absolute Gasteiger partial charge is 0.507 e. The number of allylic oxidation sites excluding steroid dienone is 1. The number of nitrogens with one attached hydrogen (secondary N) is 4. The van der Waals surface area contributed by atoms with Gasteiger partial charge in [-0.05, 0) is 127 Å². The fourth-order valence-corrected chi connectivity index (χ4v) is 12.0. The zero-order valence-electron chi connectivity index (χ0n) is 38.7. The smallest absolute Gasteiger partial charge is 0.160 e. The predicted molar refractivity (Wildman–Crippen MR) is 257 cm³/mol. The Labute approximate surface area is 387 Å². The van der Waals surface area contributed by atoms with Crippen LogP contribution in [0.1, 0.15) is 116 Å². The molecule has 0 bridgehead atoms. The third kappa shape index (κ3) is 8.34. The van der Waals surface area contributed by atoms with Crippen LogP contribution < -0.4 is 30.2 Å². The first-order valence-electron chi connectivity index (χ1n) is 24.1. The van der Waals surface area contributed by atoms with Crippen LogP contribution in [0.3, 0.4) is 0 Å². The summed E-state index contributed by atoms with van der Waals surface area (Å²) in [5.74, 6) is 2.49. The number of phenols is 2. The zero-order valence-corrected chi connectivity index (χ0v) is 38.7. The van der Waals surface area contributed by atoms with Crippen molar-refractivity contribution in [1.29, 1.82) is 0 Å². The van der Waals surface area contributed by atoms with Crippen molar-refractivity contribution < 1.29 is 39.4 Å². The molecular formula is C54H66N4O8. The Hall–Kier alpha value is -5.08. The third-order valence-corrected chi connectivity index (χ3v) is 14.9. The third-order valence-electron chi connectivity index (χ3n) is 14.9. The summed E-state index contributed by atoms with van der Waals surface area (Å²) in [6.45, 7) is 7.56. The molecule has 0 saturated heterocycles. The maximum absolute atomic E-state index is 11.5. The van der Waals surface area contributed by atoms with Crippen molar-refractivity contribution in [3.63, 3.8) is 0 Å². The second-order valence-electron chi connectivity index (χ2n) is 20.2. The Morgan fingerprint density at radius 3 is 2.55 bits per heavy atom. The Morgan fingerprint density at radius 1 is 0.924 bits per heavy atom. The van der Waals surface area contributed by atoms with Gasteiger partial charge in [-0.25, -0.2) is 0 Å². The van der Waals surface area contributed by atoms with Crippen LogP contribution in [0.4, 0.5) is 0 Å². The lowest BCUT2D eigenvalue weighted by Crippen LogP contribution is -2.56. The fourth-order valence-electron chi connectivity index (χ4n) is 12.0. The van der Waals surface area contributed by atoms with E-state index >= 15 is 0 Å². The van der Waals surface area contributed by atoms with E-state index in [1.165, 1.54) is 18.4 Å². The number of methoxy groups -OCH3 is 1. The van der Waals surface area contributed by atoms with Gasteiger partial charge in [0.15, 0.2) is 17.6 Å². The van der Waals surface area contributed by atoms with E-state index in [2.05, 4.69) is 77.3 Å². The molecule has 3 aliphatic carbocycles. The van der Waals surface area contributed by atoms with Crippen LogP contribution in [-0.2, 0) is 24.0 Å². The predicted octanol–water partition coefficient (Wildman–Crippen LogP) is 8.25. The van der Waals surface area contributed by atoms with Crippen molar-refractivity contribution in [3.05, 3.63) is 106 Å². The fraction of sp³-hybridized carbons (Fsp3) is 0.481. The molecule has 1 fully saturated rings. The molecule has 6 atom stereocenters. The summed E-state index contributed by atoms with van der Waals surface area (Å²) in [6, 6.07) is 18.4. The number of rotatable bonds is 16. The van der Waals surface area contributed by atoms with Crippen LogP contribution in [0.2, 0.25) is 0 Å². The molecule has 8 N–H and O–H groups in total. The number of H-pyrrole nitrogens is 1. The van der Waals surface area contributed by atoms with Crippen LogP contribution in [-0.4, -0.2) is 89.0 Å². The van der Waals surface area contributed by atoms with Crippen molar-refractivity contribution in [2.24, 2.45) is 5.92 Å². The minimum absolute atomic E-state index is 0.0160. The highest BCUT2D eigenvalue weighted by molar-refractivity contribution is 5.89. The second kappa shape index (κ2) is 18.2. The Kier molecular flexibility index (Phi) is 12.3. The normalized spacial score (nSPS) is 24.0. The second-order valence-corrected chi connectivity index (χ2v) is 20.2. The van der Waals surface area contributed by atoms with Crippen LogP contribution >= 0.6 is 0 Å². The SMILES string of the molecule is COc1cc(C2Oc3c(c4c(c5c3CCC(CO)O5)-c3ccc(O)c5c3C(C4)C(c3ccc4[nH]ccc4c3)C=C5)CC2(CNCNCC(C)(O)CC(C)C)OCNC2CCCC2)ccc1O. The number of benzene rings is 4. The zero-order chi connectivity index (χ0) is 45.7. The summed E-state index contributed by atoms with van der Waals surface area (Å²) >= 11 is 0. The lowest BCUT2D eigenvalue weighted by atomic mass is 9.64. The molecule has 0 amide bonds. The monoisotopic (exact) mass is 898 g/mol. The molecule has 4 aromatic carbocycles. The topological polar surface area (TPSA) is 170 Å². The number of aromatic amines is 1. The first kappa shape index (κ1) is 44.7. The van der Waals surface area contributed by atoms with Gasteiger partial charge in [0.2, 0.25) is 0 Å². The van der Waals surface area contributed by atoms with Gasteiger partial charge in [-0.1, -0.05) is 57.0 Å². The summed E-state index contributed by atoms with van der Waals surface area (Å²) in [4.78, 5) is 3.35. The molecule has 0 radical (unpaired) electrons. The molecular weight excluding hydrogens is 833 g/mol. The maximum atomic E-state index is 11.5. The van der Waals surface area contributed by atoms with Gasteiger partial charge in [0.1, 0.15) is 29.0 Å². The minimum Gasteiger partial charge on any atom is -0.507 e. The Bertz CT molecular complexity index is 2610. The molecule has 2 aliphatic heterocycles. The number of aromatic nitrogens is 1. The van der Waals surface area contributed by atoms with Crippen molar-refractivity contribution in [2.45, 2.75) is 120 Å². The van der Waals surface area contributed by atoms with Crippen molar-refractivity contribution in [3.8, 4) is 39.9 Å². The summed E-state index contributed by atoms with van der Waals surface area (Å²) in [6.07, 6.45) is 12.9. The van der Waals surface area contributed by atoms with E-state index in [4.69, 9.17) is 18.9 Å². The first-order chi connectivity index (χ1) is 32.0. The number of aliphatic hydroxyl groups is 2. The molecule has 66 heavy (non-hydrogen) atoms. The number of aromatic hydroxyl groups is 2. The number of hydrogen-bond donors (Lipinski definition) is 8. The molecule has 3 heterocycles. The first-order valence-corrected chi connectivity index (χ1v) is 24.1. The van der Waals surface area contributed by atoms with Crippen molar-refractivity contribution in [1.82, 2.24) is 20.9 Å². The minimum atomic E-state index is -0.987. The molecule has 12 heteroatoms. The molecule has 12 nitrogen and oxygen atoms in total. The number of fused-ring (bicyclic) bond motifs is 8. The summed E-state index contributed by atoms with van der Waals surface area (Å²) < 4.78 is 27.5. The van der Waals surface area contributed by atoms with Gasteiger partial charge in [0.25, 0.3) is 0 Å². The number of phenolic OH excluding ortho intramolecular Hbond substituents is 2. The Morgan fingerprint density at radius 2 is 1.74 bits per heavy atom. The van der Waals surface area contributed by atoms with Crippen LogP contribution in [0, 0.1) is 5.92 Å². The van der Waals surface area contributed by atoms with E-state index in [1.54, 1.807) is 19.2 Å². The van der Waals surface area contributed by atoms with Gasteiger partial charge in [0, 0.05) is 72.1 Å². The van der Waals surface area contributed by atoms with E-state index < -0.39 is 17.3 Å². The highest BCUT2D eigenvalue weighted by Crippen LogP contribution is 2.60. The van der Waals surface area contributed by atoms with Gasteiger partial charge in [0.05, 0.1) is 26.0 Å². The maximum Gasteiger partial charge on any atom is 0.160 e. The van der Waals surface area contributed by atoms with E-state index in [0.29, 0.717) is 76.3 Å². The standard InChI is InChI=1S/C54H66N4O8/c1-31(2)24-53(3,62)27-55-29-56-28-54(64-30-58-35-7-5-6-8-35)25-43-42-23-41-37(32-9-16-44-33(21-32)19-20-57-44)13-14-38-45(60)18-15-39(48(38)41)49(42)51-40(12-11-36(26-59)65-51)50(43)66-52(54)34-10-17-46(61)47(22-34)63-4/h9-10,13-22,31,35-37,41,52,55-62H,5-8,11-12,23-30H2,1-4H3. The molecule has 350 valence electrons. The highest BCUT2D eigenvalue weighted by Gasteiger charge is 2.51. The summed E-state index contributed by atoms with van der Waals surface area (Å²) in [7, 11) is 1.55. The van der Waals surface area contributed by atoms with Gasteiger partial charge >= 0.3 is 0 Å². The van der Waals surface area contributed by atoms with Gasteiger partial charge in [-0.3, -0.25) is 5.32 Å². The van der Waals surface area contributed by atoms with Crippen LogP contribution in [0.5, 0.6) is 28.7 Å². The number of aliphatic hydroxyl groups excluding tert-OH is 1. The van der Waals surface area contributed by atoms with E-state index in [-0.39, 0.29) is 36.0 Å². The Balaban J connectivity index is 1.13. The number of hydrogen-bond acceptors (Lipinski definition) is 11. The number of ether oxygens (including phenoxy) is 4. The molecule has 5 aliphatic rings.